The Morgan fingerprint density at radius 3 is 2.70 bits per heavy atom. The lowest BCUT2D eigenvalue weighted by Crippen LogP contribution is -2.19. The summed E-state index contributed by atoms with van der Waals surface area (Å²) < 4.78 is 9.13. The summed E-state index contributed by atoms with van der Waals surface area (Å²) in [6.45, 7) is 5.58. The second kappa shape index (κ2) is 8.63. The minimum absolute atomic E-state index is 0.302. The van der Waals surface area contributed by atoms with Gasteiger partial charge in [0.25, 0.3) is 0 Å². The standard InChI is InChI=1S/C25H26N6O2/c1-4-33-25(32)24-23-13-21-19(15-29(3)14-18-8-6-5-7-9-18)27-28-31(21)22-12-17(2)10-11-20(22)30(23)16-26-24/h5-12,16H,4,13-15H2,1-3H3. The smallest absolute Gasteiger partial charge is 0.358 e. The van der Waals surface area contributed by atoms with E-state index in [2.05, 4.69) is 52.4 Å². The maximum Gasteiger partial charge on any atom is 0.358 e. The number of esters is 1. The largest absolute Gasteiger partial charge is 0.461 e. The van der Waals surface area contributed by atoms with Crippen LogP contribution in [0.5, 0.6) is 0 Å². The average Bonchev–Trinajstić information content (AvgIpc) is 3.36. The molecule has 0 spiro atoms. The summed E-state index contributed by atoms with van der Waals surface area (Å²) in [5.74, 6) is -0.413. The molecule has 0 N–H and O–H groups in total. The predicted octanol–water partition coefficient (Wildman–Crippen LogP) is 3.47. The van der Waals surface area contributed by atoms with Crippen LogP contribution in [0.15, 0.2) is 54.9 Å². The summed E-state index contributed by atoms with van der Waals surface area (Å²) in [5, 5.41) is 9.07. The van der Waals surface area contributed by atoms with E-state index >= 15 is 0 Å². The third-order valence-electron chi connectivity index (χ3n) is 5.85. The highest BCUT2D eigenvalue weighted by atomic mass is 16.5. The van der Waals surface area contributed by atoms with Gasteiger partial charge in [-0.1, -0.05) is 41.6 Å². The summed E-state index contributed by atoms with van der Waals surface area (Å²) in [6.07, 6.45) is 2.17. The lowest BCUT2D eigenvalue weighted by atomic mass is 10.1. The number of benzene rings is 2. The SMILES string of the molecule is CCOC(=O)c1ncn2c1Cc1c(CN(C)Cc3ccccc3)nnn1-c1cc(C)ccc1-2. The zero-order chi connectivity index (χ0) is 22.9. The molecule has 8 nitrogen and oxygen atoms in total. The molecule has 168 valence electrons. The van der Waals surface area contributed by atoms with Gasteiger partial charge in [-0.2, -0.15) is 0 Å². The zero-order valence-electron chi connectivity index (χ0n) is 19.0. The van der Waals surface area contributed by atoms with Crippen LogP contribution < -0.4 is 0 Å². The highest BCUT2D eigenvalue weighted by Gasteiger charge is 2.29. The average molecular weight is 443 g/mol. The highest BCUT2D eigenvalue weighted by Crippen LogP contribution is 2.31. The molecule has 0 atom stereocenters. The molecule has 0 bridgehead atoms. The molecule has 5 rings (SSSR count). The quantitative estimate of drug-likeness (QED) is 0.375. The van der Waals surface area contributed by atoms with Crippen LogP contribution in [0.1, 0.15) is 45.6 Å². The lowest BCUT2D eigenvalue weighted by Gasteiger charge is -2.16. The summed E-state index contributed by atoms with van der Waals surface area (Å²) >= 11 is 0. The molecule has 0 aliphatic carbocycles. The lowest BCUT2D eigenvalue weighted by molar-refractivity contribution is 0.0519. The monoisotopic (exact) mass is 442 g/mol. The molecule has 2 aromatic heterocycles. The number of aromatic nitrogens is 5. The predicted molar refractivity (Wildman–Crippen MR) is 124 cm³/mol. The Morgan fingerprint density at radius 1 is 1.09 bits per heavy atom. The van der Waals surface area contributed by atoms with E-state index in [9.17, 15) is 4.79 Å². The van der Waals surface area contributed by atoms with Gasteiger partial charge in [-0.05, 0) is 44.2 Å². The molecule has 2 aromatic carbocycles. The van der Waals surface area contributed by atoms with Crippen molar-refractivity contribution in [3.8, 4) is 11.4 Å². The van der Waals surface area contributed by atoms with Crippen molar-refractivity contribution in [2.45, 2.75) is 33.4 Å². The number of rotatable bonds is 6. The van der Waals surface area contributed by atoms with Crippen LogP contribution in [0, 0.1) is 6.92 Å². The maximum absolute atomic E-state index is 12.6. The molecular weight excluding hydrogens is 416 g/mol. The Morgan fingerprint density at radius 2 is 1.91 bits per heavy atom. The minimum atomic E-state index is -0.413. The van der Waals surface area contributed by atoms with Crippen LogP contribution in [0.2, 0.25) is 0 Å². The topological polar surface area (TPSA) is 78.1 Å². The van der Waals surface area contributed by atoms with Gasteiger partial charge < -0.3 is 4.74 Å². The van der Waals surface area contributed by atoms with Gasteiger partial charge in [0.05, 0.1) is 29.4 Å². The van der Waals surface area contributed by atoms with Crippen molar-refractivity contribution >= 4 is 5.97 Å². The molecule has 0 amide bonds. The van der Waals surface area contributed by atoms with E-state index < -0.39 is 5.97 Å². The molecule has 33 heavy (non-hydrogen) atoms. The zero-order valence-corrected chi connectivity index (χ0v) is 19.0. The number of imidazole rings is 1. The van der Waals surface area contributed by atoms with Gasteiger partial charge in [0.1, 0.15) is 12.0 Å². The van der Waals surface area contributed by atoms with Crippen molar-refractivity contribution in [1.29, 1.82) is 0 Å². The normalized spacial score (nSPS) is 12.1. The summed E-state index contributed by atoms with van der Waals surface area (Å²) in [5.41, 5.74) is 7.13. The maximum atomic E-state index is 12.6. The molecule has 4 aromatic rings. The van der Waals surface area contributed by atoms with Crippen molar-refractivity contribution in [1.82, 2.24) is 29.4 Å². The van der Waals surface area contributed by atoms with E-state index in [4.69, 9.17) is 4.74 Å². The molecule has 1 aliphatic heterocycles. The first-order chi connectivity index (χ1) is 16.0. The third kappa shape index (κ3) is 3.93. The van der Waals surface area contributed by atoms with E-state index in [1.165, 1.54) is 5.56 Å². The number of ether oxygens (including phenoxy) is 1. The van der Waals surface area contributed by atoms with E-state index in [1.54, 1.807) is 13.3 Å². The fraction of sp³-hybridized carbons (Fsp3) is 0.280. The van der Waals surface area contributed by atoms with Crippen molar-refractivity contribution in [2.75, 3.05) is 13.7 Å². The minimum Gasteiger partial charge on any atom is -0.461 e. The van der Waals surface area contributed by atoms with Crippen LogP contribution in [0.4, 0.5) is 0 Å². The number of carbonyl (C=O) groups excluding carboxylic acids is 1. The number of fused-ring (bicyclic) bond motifs is 5. The Kier molecular flexibility index (Phi) is 5.51. The Hall–Kier alpha value is -3.78. The van der Waals surface area contributed by atoms with Crippen LogP contribution in [-0.2, 0) is 24.2 Å². The van der Waals surface area contributed by atoms with Gasteiger partial charge in [0.15, 0.2) is 5.69 Å². The Balaban J connectivity index is 1.56. The molecule has 0 saturated heterocycles. The fourth-order valence-electron chi connectivity index (χ4n) is 4.32. The number of hydrogen-bond acceptors (Lipinski definition) is 6. The second-order valence-electron chi connectivity index (χ2n) is 8.35. The van der Waals surface area contributed by atoms with Crippen molar-refractivity contribution in [2.24, 2.45) is 0 Å². The Bertz CT molecular complexity index is 1310. The van der Waals surface area contributed by atoms with Gasteiger partial charge in [0, 0.05) is 19.5 Å². The van der Waals surface area contributed by atoms with Crippen molar-refractivity contribution < 1.29 is 9.53 Å². The molecule has 0 unspecified atom stereocenters. The number of carbonyl (C=O) groups is 1. The highest BCUT2D eigenvalue weighted by molar-refractivity contribution is 5.89. The van der Waals surface area contributed by atoms with Gasteiger partial charge in [-0.3, -0.25) is 9.47 Å². The molecule has 1 aliphatic rings. The Labute approximate surface area is 192 Å². The molecule has 0 saturated carbocycles. The third-order valence-corrected chi connectivity index (χ3v) is 5.85. The molecule has 0 radical (unpaired) electrons. The summed E-state index contributed by atoms with van der Waals surface area (Å²) in [4.78, 5) is 19.3. The van der Waals surface area contributed by atoms with Gasteiger partial charge >= 0.3 is 5.97 Å². The van der Waals surface area contributed by atoms with Gasteiger partial charge in [-0.25, -0.2) is 14.5 Å². The van der Waals surface area contributed by atoms with Gasteiger partial charge in [0.2, 0.25) is 0 Å². The van der Waals surface area contributed by atoms with Crippen LogP contribution >= 0.6 is 0 Å². The second-order valence-corrected chi connectivity index (χ2v) is 8.35. The molecule has 8 heteroatoms. The first-order valence-corrected chi connectivity index (χ1v) is 11.1. The fourth-order valence-corrected chi connectivity index (χ4v) is 4.32. The van der Waals surface area contributed by atoms with Crippen LogP contribution in [0.25, 0.3) is 11.4 Å². The molecular formula is C25H26N6O2. The molecule has 3 heterocycles. The van der Waals surface area contributed by atoms with E-state index in [-0.39, 0.29) is 0 Å². The van der Waals surface area contributed by atoms with Crippen LogP contribution in [0.3, 0.4) is 0 Å². The van der Waals surface area contributed by atoms with Gasteiger partial charge in [-0.15, -0.1) is 5.10 Å². The van der Waals surface area contributed by atoms with E-state index in [0.29, 0.717) is 25.3 Å². The first kappa shape index (κ1) is 21.1. The number of nitrogens with zero attached hydrogens (tertiary/aromatic N) is 6. The summed E-state index contributed by atoms with van der Waals surface area (Å²) in [6, 6.07) is 16.5. The number of hydrogen-bond donors (Lipinski definition) is 0. The van der Waals surface area contributed by atoms with Crippen molar-refractivity contribution in [3.05, 3.63) is 88.8 Å². The summed E-state index contributed by atoms with van der Waals surface area (Å²) in [7, 11) is 2.07. The van der Waals surface area contributed by atoms with E-state index in [1.807, 2.05) is 39.6 Å². The van der Waals surface area contributed by atoms with E-state index in [0.717, 1.165) is 40.6 Å². The molecule has 0 fully saturated rings. The van der Waals surface area contributed by atoms with Crippen LogP contribution in [-0.4, -0.2) is 49.1 Å². The first-order valence-electron chi connectivity index (χ1n) is 11.1. The number of aryl methyl sites for hydroxylation is 1. The van der Waals surface area contributed by atoms with Crippen molar-refractivity contribution in [3.63, 3.8) is 0 Å².